The molecule has 0 bridgehead atoms. The SMILES string of the molecule is CC1(C)CC(NC(=O)c2cc(N)ccc2N)CC(C)(C)N1O. The Hall–Kier alpha value is -1.79. The van der Waals surface area contributed by atoms with E-state index in [1.54, 1.807) is 18.2 Å². The molecule has 1 aliphatic rings. The number of nitrogens with one attached hydrogen (secondary N) is 1. The minimum absolute atomic E-state index is 0.0401. The third kappa shape index (κ3) is 3.18. The van der Waals surface area contributed by atoms with E-state index in [-0.39, 0.29) is 11.9 Å². The van der Waals surface area contributed by atoms with E-state index in [1.807, 2.05) is 27.7 Å². The molecule has 6 heteroatoms. The highest BCUT2D eigenvalue weighted by Gasteiger charge is 2.45. The van der Waals surface area contributed by atoms with E-state index in [2.05, 4.69) is 5.32 Å². The summed E-state index contributed by atoms with van der Waals surface area (Å²) in [6.07, 6.45) is 1.31. The molecule has 2 rings (SSSR count). The molecule has 0 unspecified atom stereocenters. The molecule has 0 aliphatic carbocycles. The topological polar surface area (TPSA) is 105 Å². The first-order chi connectivity index (χ1) is 10.0. The van der Waals surface area contributed by atoms with E-state index in [0.29, 0.717) is 29.8 Å². The van der Waals surface area contributed by atoms with Gasteiger partial charge in [0.25, 0.3) is 5.91 Å². The van der Waals surface area contributed by atoms with Gasteiger partial charge in [-0.1, -0.05) is 0 Å². The van der Waals surface area contributed by atoms with E-state index in [4.69, 9.17) is 11.5 Å². The largest absolute Gasteiger partial charge is 0.399 e. The van der Waals surface area contributed by atoms with E-state index in [1.165, 1.54) is 5.06 Å². The zero-order valence-electron chi connectivity index (χ0n) is 13.7. The number of nitrogens with two attached hydrogens (primary N) is 2. The number of benzene rings is 1. The number of carbonyl (C=O) groups is 1. The van der Waals surface area contributed by atoms with Gasteiger partial charge < -0.3 is 22.0 Å². The summed E-state index contributed by atoms with van der Waals surface area (Å²) in [7, 11) is 0. The van der Waals surface area contributed by atoms with Crippen LogP contribution in [-0.2, 0) is 0 Å². The van der Waals surface area contributed by atoms with Crippen molar-refractivity contribution in [1.82, 2.24) is 10.4 Å². The van der Waals surface area contributed by atoms with Gasteiger partial charge in [-0.25, -0.2) is 0 Å². The molecule has 1 amide bonds. The van der Waals surface area contributed by atoms with Crippen molar-refractivity contribution < 1.29 is 10.0 Å². The third-order valence-electron chi connectivity index (χ3n) is 4.30. The first-order valence-electron chi connectivity index (χ1n) is 7.48. The molecule has 6 nitrogen and oxygen atoms in total. The number of nitrogen functional groups attached to an aromatic ring is 2. The maximum Gasteiger partial charge on any atom is 0.253 e. The Bertz CT molecular complexity index is 566. The van der Waals surface area contributed by atoms with Crippen molar-refractivity contribution in [3.63, 3.8) is 0 Å². The number of rotatable bonds is 2. The Morgan fingerprint density at radius 3 is 2.32 bits per heavy atom. The minimum atomic E-state index is -0.416. The van der Waals surface area contributed by atoms with Crippen molar-refractivity contribution in [2.75, 3.05) is 11.5 Å². The standard InChI is InChI=1S/C16H26N4O2/c1-15(2)8-11(9-16(3,4)20(15)22)19-14(21)12-7-10(17)5-6-13(12)18/h5-7,11,22H,8-9,17-18H2,1-4H3,(H,19,21). The zero-order chi connectivity index (χ0) is 16.7. The molecule has 122 valence electrons. The summed E-state index contributed by atoms with van der Waals surface area (Å²) in [4.78, 5) is 12.5. The number of anilines is 2. The summed E-state index contributed by atoms with van der Waals surface area (Å²) in [5.41, 5.74) is 12.1. The van der Waals surface area contributed by atoms with Crippen LogP contribution in [0, 0.1) is 0 Å². The van der Waals surface area contributed by atoms with Crippen LogP contribution >= 0.6 is 0 Å². The van der Waals surface area contributed by atoms with Gasteiger partial charge in [-0.2, -0.15) is 5.06 Å². The third-order valence-corrected chi connectivity index (χ3v) is 4.30. The summed E-state index contributed by atoms with van der Waals surface area (Å²) < 4.78 is 0. The highest BCUT2D eigenvalue weighted by molar-refractivity contribution is 6.00. The monoisotopic (exact) mass is 306 g/mol. The Kier molecular flexibility index (Phi) is 4.10. The number of amides is 1. The molecular formula is C16H26N4O2. The van der Waals surface area contributed by atoms with Crippen LogP contribution in [0.3, 0.4) is 0 Å². The van der Waals surface area contributed by atoms with Crippen LogP contribution in [0.5, 0.6) is 0 Å². The fraction of sp³-hybridized carbons (Fsp3) is 0.562. The van der Waals surface area contributed by atoms with Gasteiger partial charge in [-0.3, -0.25) is 4.79 Å². The molecular weight excluding hydrogens is 280 g/mol. The molecule has 0 saturated carbocycles. The molecule has 1 aliphatic heterocycles. The molecule has 0 spiro atoms. The van der Waals surface area contributed by atoms with Gasteiger partial charge in [0.1, 0.15) is 0 Å². The van der Waals surface area contributed by atoms with Crippen LogP contribution in [0.25, 0.3) is 0 Å². The quantitative estimate of drug-likeness (QED) is 0.625. The molecule has 22 heavy (non-hydrogen) atoms. The number of hydrogen-bond donors (Lipinski definition) is 4. The van der Waals surface area contributed by atoms with Crippen LogP contribution in [0.1, 0.15) is 50.9 Å². The molecule has 0 aromatic heterocycles. The first kappa shape index (κ1) is 16.6. The van der Waals surface area contributed by atoms with Crippen molar-refractivity contribution in [1.29, 1.82) is 0 Å². The average Bonchev–Trinajstić information content (AvgIpc) is 2.38. The summed E-state index contributed by atoms with van der Waals surface area (Å²) >= 11 is 0. The Morgan fingerprint density at radius 1 is 1.23 bits per heavy atom. The number of nitrogens with zero attached hydrogens (tertiary/aromatic N) is 1. The van der Waals surface area contributed by atoms with Crippen LogP contribution in [0.15, 0.2) is 18.2 Å². The van der Waals surface area contributed by atoms with E-state index < -0.39 is 11.1 Å². The summed E-state index contributed by atoms with van der Waals surface area (Å²) in [5, 5.41) is 14.7. The number of hydroxylamine groups is 2. The number of carbonyl (C=O) groups excluding carboxylic acids is 1. The highest BCUT2D eigenvalue weighted by atomic mass is 16.5. The second-order valence-corrected chi connectivity index (χ2v) is 7.36. The lowest BCUT2D eigenvalue weighted by Crippen LogP contribution is -2.62. The van der Waals surface area contributed by atoms with Gasteiger partial charge in [0.2, 0.25) is 0 Å². The average molecular weight is 306 g/mol. The highest BCUT2D eigenvalue weighted by Crippen LogP contribution is 2.36. The molecule has 6 N–H and O–H groups in total. The number of hydrogen-bond acceptors (Lipinski definition) is 5. The molecule has 1 aromatic rings. The molecule has 1 aromatic carbocycles. The second-order valence-electron chi connectivity index (χ2n) is 7.36. The Balaban J connectivity index is 2.17. The van der Waals surface area contributed by atoms with Crippen LogP contribution in [0.4, 0.5) is 11.4 Å². The maximum atomic E-state index is 12.5. The molecule has 1 saturated heterocycles. The van der Waals surface area contributed by atoms with Crippen molar-refractivity contribution in [3.05, 3.63) is 23.8 Å². The van der Waals surface area contributed by atoms with Gasteiger partial charge in [-0.15, -0.1) is 0 Å². The number of piperidine rings is 1. The van der Waals surface area contributed by atoms with Crippen molar-refractivity contribution >= 4 is 17.3 Å². The smallest absolute Gasteiger partial charge is 0.253 e. The van der Waals surface area contributed by atoms with Crippen LogP contribution < -0.4 is 16.8 Å². The predicted octanol–water partition coefficient (Wildman–Crippen LogP) is 1.99. The lowest BCUT2D eigenvalue weighted by molar-refractivity contribution is -0.245. The fourth-order valence-electron chi connectivity index (χ4n) is 3.41. The lowest BCUT2D eigenvalue weighted by atomic mass is 9.79. The first-order valence-corrected chi connectivity index (χ1v) is 7.48. The maximum absolute atomic E-state index is 12.5. The van der Waals surface area contributed by atoms with Crippen molar-refractivity contribution in [2.24, 2.45) is 0 Å². The van der Waals surface area contributed by atoms with Crippen LogP contribution in [-0.4, -0.2) is 33.3 Å². The Labute approximate surface area is 131 Å². The van der Waals surface area contributed by atoms with Crippen molar-refractivity contribution in [2.45, 2.75) is 57.7 Å². The summed E-state index contributed by atoms with van der Waals surface area (Å²) in [6.45, 7) is 7.84. The summed E-state index contributed by atoms with van der Waals surface area (Å²) in [6, 6.07) is 4.85. The van der Waals surface area contributed by atoms with E-state index in [9.17, 15) is 10.0 Å². The van der Waals surface area contributed by atoms with Gasteiger partial charge in [0.05, 0.1) is 5.56 Å². The van der Waals surface area contributed by atoms with Gasteiger partial charge in [0, 0.05) is 28.5 Å². The van der Waals surface area contributed by atoms with Crippen LogP contribution in [0.2, 0.25) is 0 Å². The second kappa shape index (κ2) is 5.44. The molecule has 0 atom stereocenters. The molecule has 1 fully saturated rings. The zero-order valence-corrected chi connectivity index (χ0v) is 13.7. The molecule has 0 radical (unpaired) electrons. The van der Waals surface area contributed by atoms with Gasteiger partial charge >= 0.3 is 0 Å². The van der Waals surface area contributed by atoms with Crippen molar-refractivity contribution in [3.8, 4) is 0 Å². The van der Waals surface area contributed by atoms with E-state index in [0.717, 1.165) is 0 Å². The normalized spacial score (nSPS) is 21.5. The Morgan fingerprint density at radius 2 is 1.77 bits per heavy atom. The van der Waals surface area contributed by atoms with Gasteiger partial charge in [-0.05, 0) is 58.7 Å². The lowest BCUT2D eigenvalue weighted by Gasteiger charge is -2.51. The summed E-state index contributed by atoms with van der Waals surface area (Å²) in [5.74, 6) is -0.229. The minimum Gasteiger partial charge on any atom is -0.399 e. The van der Waals surface area contributed by atoms with Gasteiger partial charge in [0.15, 0.2) is 0 Å². The molecule has 1 heterocycles. The fourth-order valence-corrected chi connectivity index (χ4v) is 3.41. The van der Waals surface area contributed by atoms with E-state index >= 15 is 0 Å². The predicted molar refractivity (Wildman–Crippen MR) is 87.5 cm³/mol.